The molecule has 6 nitrogen and oxygen atoms in total. The van der Waals surface area contributed by atoms with Gasteiger partial charge in [0.15, 0.2) is 0 Å². The summed E-state index contributed by atoms with van der Waals surface area (Å²) in [5, 5.41) is 3.36. The minimum atomic E-state index is 0.369. The van der Waals surface area contributed by atoms with Gasteiger partial charge in [0.25, 0.3) is 0 Å². The molecule has 94 valence electrons. The maximum atomic E-state index is 5.31. The summed E-state index contributed by atoms with van der Waals surface area (Å²) < 4.78 is 0. The van der Waals surface area contributed by atoms with E-state index in [4.69, 9.17) is 5.84 Å². The highest BCUT2D eigenvalue weighted by Gasteiger charge is 2.14. The van der Waals surface area contributed by atoms with Crippen molar-refractivity contribution in [3.63, 3.8) is 0 Å². The standard InChI is InChI=1S/C11H20N6/c1-9(7-17-4-2-3-5-17)15-10-6-11(16-12)14-8-13-10/h6,8-9H,2-5,7,12H2,1H3,(H2,13,14,15,16). The number of nitrogen functional groups attached to an aromatic ring is 1. The molecule has 0 aliphatic carbocycles. The van der Waals surface area contributed by atoms with Crippen LogP contribution >= 0.6 is 0 Å². The number of hydrogen-bond acceptors (Lipinski definition) is 6. The number of rotatable bonds is 5. The molecule has 1 unspecified atom stereocenters. The van der Waals surface area contributed by atoms with Crippen molar-refractivity contribution in [2.75, 3.05) is 30.4 Å². The summed E-state index contributed by atoms with van der Waals surface area (Å²) >= 11 is 0. The highest BCUT2D eigenvalue weighted by atomic mass is 15.3. The molecule has 1 aromatic heterocycles. The second-order valence-electron chi connectivity index (χ2n) is 4.49. The van der Waals surface area contributed by atoms with Crippen LogP contribution in [-0.4, -0.2) is 40.5 Å². The van der Waals surface area contributed by atoms with E-state index in [2.05, 4.69) is 32.5 Å². The van der Waals surface area contributed by atoms with Crippen molar-refractivity contribution < 1.29 is 0 Å². The molecule has 1 fully saturated rings. The summed E-state index contributed by atoms with van der Waals surface area (Å²) in [5.41, 5.74) is 2.51. The van der Waals surface area contributed by atoms with Crippen molar-refractivity contribution in [2.24, 2.45) is 5.84 Å². The van der Waals surface area contributed by atoms with Crippen LogP contribution in [0.15, 0.2) is 12.4 Å². The quantitative estimate of drug-likeness (QED) is 0.515. The van der Waals surface area contributed by atoms with E-state index in [9.17, 15) is 0 Å². The van der Waals surface area contributed by atoms with E-state index in [1.807, 2.05) is 0 Å². The predicted molar refractivity (Wildman–Crippen MR) is 68.6 cm³/mol. The minimum Gasteiger partial charge on any atom is -0.366 e. The average molecular weight is 236 g/mol. The van der Waals surface area contributed by atoms with E-state index in [1.54, 1.807) is 6.07 Å². The molecule has 1 aromatic rings. The molecule has 4 N–H and O–H groups in total. The Bertz CT molecular complexity index is 350. The number of hydrazine groups is 1. The number of nitrogens with zero attached hydrogens (tertiary/aromatic N) is 3. The lowest BCUT2D eigenvalue weighted by atomic mass is 10.3. The van der Waals surface area contributed by atoms with Crippen LogP contribution in [0.4, 0.5) is 11.6 Å². The molecule has 0 radical (unpaired) electrons. The van der Waals surface area contributed by atoms with Crippen LogP contribution in [0.3, 0.4) is 0 Å². The SMILES string of the molecule is CC(CN1CCCC1)Nc1cc(NN)ncn1. The Balaban J connectivity index is 1.85. The van der Waals surface area contributed by atoms with E-state index in [1.165, 1.54) is 32.3 Å². The molecule has 0 bridgehead atoms. The zero-order valence-corrected chi connectivity index (χ0v) is 10.2. The van der Waals surface area contributed by atoms with Gasteiger partial charge in [-0.05, 0) is 32.9 Å². The van der Waals surface area contributed by atoms with Crippen molar-refractivity contribution in [2.45, 2.75) is 25.8 Å². The topological polar surface area (TPSA) is 79.1 Å². The predicted octanol–water partition coefficient (Wildman–Crippen LogP) is 0.658. The monoisotopic (exact) mass is 236 g/mol. The fraction of sp³-hybridized carbons (Fsp3) is 0.636. The Morgan fingerprint density at radius 2 is 2.06 bits per heavy atom. The van der Waals surface area contributed by atoms with Crippen LogP contribution in [0.5, 0.6) is 0 Å². The number of aromatic nitrogens is 2. The van der Waals surface area contributed by atoms with Gasteiger partial charge in [-0.2, -0.15) is 0 Å². The van der Waals surface area contributed by atoms with Crippen LogP contribution in [0, 0.1) is 0 Å². The van der Waals surface area contributed by atoms with Gasteiger partial charge in [0.1, 0.15) is 18.0 Å². The van der Waals surface area contributed by atoms with Gasteiger partial charge in [0.05, 0.1) is 0 Å². The normalized spacial score (nSPS) is 18.0. The second kappa shape index (κ2) is 5.79. The van der Waals surface area contributed by atoms with Crippen molar-refractivity contribution in [3.8, 4) is 0 Å². The summed E-state index contributed by atoms with van der Waals surface area (Å²) in [5.74, 6) is 6.73. The molecular weight excluding hydrogens is 216 g/mol. The van der Waals surface area contributed by atoms with E-state index in [0.717, 1.165) is 12.4 Å². The number of nitrogens with two attached hydrogens (primary N) is 1. The first-order chi connectivity index (χ1) is 8.28. The third-order valence-electron chi connectivity index (χ3n) is 2.94. The number of likely N-dealkylation sites (tertiary alicyclic amines) is 1. The molecule has 0 aromatic carbocycles. The number of hydrogen-bond donors (Lipinski definition) is 3. The Kier molecular flexibility index (Phi) is 4.11. The lowest BCUT2D eigenvalue weighted by Crippen LogP contribution is -2.33. The number of nitrogens with one attached hydrogen (secondary N) is 2. The molecule has 17 heavy (non-hydrogen) atoms. The fourth-order valence-corrected chi connectivity index (χ4v) is 2.17. The van der Waals surface area contributed by atoms with Gasteiger partial charge >= 0.3 is 0 Å². The first-order valence-corrected chi connectivity index (χ1v) is 6.05. The highest BCUT2D eigenvalue weighted by molar-refractivity contribution is 5.46. The maximum Gasteiger partial charge on any atom is 0.145 e. The molecule has 2 rings (SSSR count). The third kappa shape index (κ3) is 3.54. The molecule has 6 heteroatoms. The second-order valence-corrected chi connectivity index (χ2v) is 4.49. The van der Waals surface area contributed by atoms with Gasteiger partial charge in [0.2, 0.25) is 0 Å². The van der Waals surface area contributed by atoms with E-state index >= 15 is 0 Å². The molecule has 2 heterocycles. The molecule has 0 spiro atoms. The zero-order valence-electron chi connectivity index (χ0n) is 10.2. The summed E-state index contributed by atoms with van der Waals surface area (Å²) in [4.78, 5) is 10.6. The zero-order chi connectivity index (χ0) is 12.1. The Morgan fingerprint density at radius 1 is 1.35 bits per heavy atom. The lowest BCUT2D eigenvalue weighted by molar-refractivity contribution is 0.327. The van der Waals surface area contributed by atoms with Crippen molar-refractivity contribution in [1.82, 2.24) is 14.9 Å². The smallest absolute Gasteiger partial charge is 0.145 e. The summed E-state index contributed by atoms with van der Waals surface area (Å²) in [6.07, 6.45) is 4.14. The van der Waals surface area contributed by atoms with E-state index < -0.39 is 0 Å². The largest absolute Gasteiger partial charge is 0.366 e. The highest BCUT2D eigenvalue weighted by Crippen LogP contribution is 2.11. The lowest BCUT2D eigenvalue weighted by Gasteiger charge is -2.21. The van der Waals surface area contributed by atoms with Gasteiger partial charge < -0.3 is 15.6 Å². The summed E-state index contributed by atoms with van der Waals surface area (Å²) in [7, 11) is 0. The van der Waals surface area contributed by atoms with Crippen LogP contribution < -0.4 is 16.6 Å². The molecule has 1 aliphatic rings. The Labute approximate surface area is 102 Å². The van der Waals surface area contributed by atoms with Gasteiger partial charge in [-0.25, -0.2) is 15.8 Å². The molecule has 1 atom stereocenters. The van der Waals surface area contributed by atoms with E-state index in [-0.39, 0.29) is 0 Å². The summed E-state index contributed by atoms with van der Waals surface area (Å²) in [6, 6.07) is 2.18. The fourth-order valence-electron chi connectivity index (χ4n) is 2.17. The first kappa shape index (κ1) is 12.1. The van der Waals surface area contributed by atoms with Gasteiger partial charge in [-0.15, -0.1) is 0 Å². The molecule has 1 saturated heterocycles. The Morgan fingerprint density at radius 3 is 2.76 bits per heavy atom. The number of anilines is 2. The minimum absolute atomic E-state index is 0.369. The molecule has 0 saturated carbocycles. The Hall–Kier alpha value is -1.40. The molecule has 1 aliphatic heterocycles. The van der Waals surface area contributed by atoms with Crippen molar-refractivity contribution in [1.29, 1.82) is 0 Å². The van der Waals surface area contributed by atoms with Crippen LogP contribution in [0.25, 0.3) is 0 Å². The molecule has 0 amide bonds. The van der Waals surface area contributed by atoms with Gasteiger partial charge in [-0.1, -0.05) is 0 Å². The first-order valence-electron chi connectivity index (χ1n) is 6.05. The average Bonchev–Trinajstić information content (AvgIpc) is 2.82. The molecular formula is C11H20N6. The maximum absolute atomic E-state index is 5.31. The van der Waals surface area contributed by atoms with Crippen LogP contribution in [-0.2, 0) is 0 Å². The van der Waals surface area contributed by atoms with Crippen molar-refractivity contribution in [3.05, 3.63) is 12.4 Å². The van der Waals surface area contributed by atoms with Crippen molar-refractivity contribution >= 4 is 11.6 Å². The summed E-state index contributed by atoms with van der Waals surface area (Å²) in [6.45, 7) is 5.64. The van der Waals surface area contributed by atoms with E-state index in [0.29, 0.717) is 11.9 Å². The third-order valence-corrected chi connectivity index (χ3v) is 2.94. The van der Waals surface area contributed by atoms with Crippen LogP contribution in [0.1, 0.15) is 19.8 Å². The van der Waals surface area contributed by atoms with Gasteiger partial charge in [0, 0.05) is 18.7 Å². The van der Waals surface area contributed by atoms with Gasteiger partial charge in [-0.3, -0.25) is 0 Å². The van der Waals surface area contributed by atoms with Crippen LogP contribution in [0.2, 0.25) is 0 Å².